The predicted molar refractivity (Wildman–Crippen MR) is 68.8 cm³/mol. The van der Waals surface area contributed by atoms with Crippen molar-refractivity contribution in [3.8, 4) is 0 Å². The van der Waals surface area contributed by atoms with E-state index in [9.17, 15) is 4.79 Å². The molecule has 1 aliphatic rings. The van der Waals surface area contributed by atoms with Crippen molar-refractivity contribution in [3.63, 3.8) is 0 Å². The largest absolute Gasteiger partial charge is 0.465 e. The van der Waals surface area contributed by atoms with Crippen LogP contribution in [0.5, 0.6) is 0 Å². The lowest BCUT2D eigenvalue weighted by molar-refractivity contribution is 0.142. The van der Waals surface area contributed by atoms with Crippen LogP contribution in [0.4, 0.5) is 4.79 Å². The quantitative estimate of drug-likeness (QED) is 0.863. The Morgan fingerprint density at radius 3 is 2.72 bits per heavy atom. The molecule has 0 heterocycles. The van der Waals surface area contributed by atoms with Crippen LogP contribution in [-0.4, -0.2) is 33.8 Å². The summed E-state index contributed by atoms with van der Waals surface area (Å²) in [6.45, 7) is 0.393. The van der Waals surface area contributed by atoms with E-state index in [1.165, 1.54) is 4.90 Å². The molecule has 0 aromatic heterocycles. The maximum absolute atomic E-state index is 11.0. The summed E-state index contributed by atoms with van der Waals surface area (Å²) < 4.78 is 0. The van der Waals surface area contributed by atoms with Gasteiger partial charge in [0, 0.05) is 17.6 Å². The number of halogens is 1. The number of rotatable bonds is 5. The van der Waals surface area contributed by atoms with Gasteiger partial charge in [0.05, 0.1) is 6.61 Å². The van der Waals surface area contributed by atoms with Crippen molar-refractivity contribution < 1.29 is 15.0 Å². The van der Waals surface area contributed by atoms with Gasteiger partial charge in [0.15, 0.2) is 0 Å². The van der Waals surface area contributed by atoms with E-state index in [1.54, 1.807) is 6.07 Å². The number of benzene rings is 1. The molecular weight excluding hydrogens is 254 g/mol. The molecular formula is C13H16ClNO3. The summed E-state index contributed by atoms with van der Waals surface area (Å²) in [5, 5.41) is 18.7. The summed E-state index contributed by atoms with van der Waals surface area (Å²) in [6, 6.07) is 5.64. The van der Waals surface area contributed by atoms with Crippen molar-refractivity contribution in [1.29, 1.82) is 0 Å². The molecule has 98 valence electrons. The summed E-state index contributed by atoms with van der Waals surface area (Å²) in [5.41, 5.74) is 1.68. The van der Waals surface area contributed by atoms with Crippen LogP contribution in [0.1, 0.15) is 24.0 Å². The topological polar surface area (TPSA) is 60.8 Å². The summed E-state index contributed by atoms with van der Waals surface area (Å²) >= 11 is 5.91. The van der Waals surface area contributed by atoms with Crippen molar-refractivity contribution in [1.82, 2.24) is 4.90 Å². The highest BCUT2D eigenvalue weighted by Crippen LogP contribution is 2.27. The van der Waals surface area contributed by atoms with E-state index in [0.29, 0.717) is 23.6 Å². The number of carbonyl (C=O) groups is 1. The van der Waals surface area contributed by atoms with E-state index in [1.807, 2.05) is 12.1 Å². The summed E-state index contributed by atoms with van der Waals surface area (Å²) in [7, 11) is 0. The Bertz CT molecular complexity index is 446. The van der Waals surface area contributed by atoms with Crippen molar-refractivity contribution in [2.75, 3.05) is 6.54 Å². The number of nitrogens with zero attached hydrogens (tertiary/aromatic N) is 1. The third-order valence-electron chi connectivity index (χ3n) is 3.16. The Morgan fingerprint density at radius 1 is 1.44 bits per heavy atom. The van der Waals surface area contributed by atoms with E-state index in [0.717, 1.165) is 18.4 Å². The molecule has 1 aromatic carbocycles. The highest BCUT2D eigenvalue weighted by Gasteiger charge is 2.31. The highest BCUT2D eigenvalue weighted by atomic mass is 35.5. The van der Waals surface area contributed by atoms with E-state index in [4.69, 9.17) is 21.8 Å². The monoisotopic (exact) mass is 269 g/mol. The molecule has 1 fully saturated rings. The van der Waals surface area contributed by atoms with Gasteiger partial charge in [-0.15, -0.1) is 0 Å². The molecule has 0 spiro atoms. The van der Waals surface area contributed by atoms with E-state index in [-0.39, 0.29) is 12.6 Å². The van der Waals surface area contributed by atoms with Crippen molar-refractivity contribution in [2.24, 2.45) is 0 Å². The minimum atomic E-state index is -0.853. The minimum absolute atomic E-state index is 0.0993. The van der Waals surface area contributed by atoms with Gasteiger partial charge in [-0.05, 0) is 36.5 Å². The molecule has 0 atom stereocenters. The minimum Gasteiger partial charge on any atom is -0.465 e. The highest BCUT2D eigenvalue weighted by molar-refractivity contribution is 6.31. The number of amides is 1. The molecule has 18 heavy (non-hydrogen) atoms. The smallest absolute Gasteiger partial charge is 0.407 e. The SMILES string of the molecule is O=C(O)N(CCc1ccc(Cl)c(CO)c1)C1CC1. The van der Waals surface area contributed by atoms with Gasteiger partial charge in [0.25, 0.3) is 0 Å². The number of aliphatic hydroxyl groups is 1. The second kappa shape index (κ2) is 5.59. The number of carboxylic acid groups (broad SMARTS) is 1. The van der Waals surface area contributed by atoms with Gasteiger partial charge in [0.1, 0.15) is 0 Å². The van der Waals surface area contributed by atoms with E-state index >= 15 is 0 Å². The van der Waals surface area contributed by atoms with Crippen LogP contribution >= 0.6 is 11.6 Å². The van der Waals surface area contributed by atoms with Gasteiger partial charge < -0.3 is 15.1 Å². The van der Waals surface area contributed by atoms with E-state index in [2.05, 4.69) is 0 Å². The van der Waals surface area contributed by atoms with Crippen LogP contribution < -0.4 is 0 Å². The van der Waals surface area contributed by atoms with Crippen molar-refractivity contribution in [3.05, 3.63) is 34.3 Å². The molecule has 1 amide bonds. The van der Waals surface area contributed by atoms with Crippen LogP contribution in [0.2, 0.25) is 5.02 Å². The van der Waals surface area contributed by atoms with Crippen LogP contribution in [0.15, 0.2) is 18.2 Å². The molecule has 1 aromatic rings. The van der Waals surface area contributed by atoms with Crippen LogP contribution in [0, 0.1) is 0 Å². The number of aliphatic hydroxyl groups excluding tert-OH is 1. The fraction of sp³-hybridized carbons (Fsp3) is 0.462. The third-order valence-corrected chi connectivity index (χ3v) is 3.52. The Balaban J connectivity index is 1.98. The third kappa shape index (κ3) is 3.15. The molecule has 1 saturated carbocycles. The molecule has 0 unspecified atom stereocenters. The van der Waals surface area contributed by atoms with Crippen LogP contribution in [-0.2, 0) is 13.0 Å². The Hall–Kier alpha value is -1.26. The standard InChI is InChI=1S/C13H16ClNO3/c14-12-4-1-9(7-10(12)8-16)5-6-15(13(17)18)11-2-3-11/h1,4,7,11,16H,2-3,5-6,8H2,(H,17,18). The van der Waals surface area contributed by atoms with Crippen LogP contribution in [0.25, 0.3) is 0 Å². The zero-order valence-electron chi connectivity index (χ0n) is 9.97. The summed E-state index contributed by atoms with van der Waals surface area (Å²) in [5.74, 6) is 0. The average molecular weight is 270 g/mol. The normalized spacial score (nSPS) is 14.6. The first-order chi connectivity index (χ1) is 8.61. The van der Waals surface area contributed by atoms with Gasteiger partial charge in [-0.25, -0.2) is 4.79 Å². The zero-order chi connectivity index (χ0) is 13.1. The fourth-order valence-electron chi connectivity index (χ4n) is 1.97. The molecule has 2 N–H and O–H groups in total. The van der Waals surface area contributed by atoms with E-state index < -0.39 is 6.09 Å². The van der Waals surface area contributed by atoms with Gasteiger partial charge in [-0.1, -0.05) is 23.7 Å². The summed E-state index contributed by atoms with van der Waals surface area (Å²) in [4.78, 5) is 12.5. The first-order valence-corrected chi connectivity index (χ1v) is 6.37. The van der Waals surface area contributed by atoms with Gasteiger partial charge in [-0.3, -0.25) is 0 Å². The fourth-order valence-corrected chi connectivity index (χ4v) is 2.15. The lowest BCUT2D eigenvalue weighted by Gasteiger charge is -2.18. The van der Waals surface area contributed by atoms with Gasteiger partial charge in [0.2, 0.25) is 0 Å². The predicted octanol–water partition coefficient (Wildman–Crippen LogP) is 2.52. The maximum Gasteiger partial charge on any atom is 0.407 e. The first kappa shape index (κ1) is 13.2. The lowest BCUT2D eigenvalue weighted by Crippen LogP contribution is -2.33. The first-order valence-electron chi connectivity index (χ1n) is 5.99. The molecule has 4 nitrogen and oxygen atoms in total. The maximum atomic E-state index is 11.0. The number of hydrogen-bond acceptors (Lipinski definition) is 2. The Labute approximate surface area is 111 Å². The van der Waals surface area contributed by atoms with Crippen molar-refractivity contribution in [2.45, 2.75) is 31.9 Å². The molecule has 5 heteroatoms. The molecule has 1 aliphatic carbocycles. The number of hydrogen-bond donors (Lipinski definition) is 2. The molecule has 2 rings (SSSR count). The molecule has 0 aliphatic heterocycles. The molecule has 0 bridgehead atoms. The van der Waals surface area contributed by atoms with Crippen LogP contribution in [0.3, 0.4) is 0 Å². The van der Waals surface area contributed by atoms with Gasteiger partial charge in [-0.2, -0.15) is 0 Å². The second-order valence-corrected chi connectivity index (χ2v) is 4.95. The molecule has 0 radical (unpaired) electrons. The van der Waals surface area contributed by atoms with Crippen molar-refractivity contribution >= 4 is 17.7 Å². The van der Waals surface area contributed by atoms with Gasteiger partial charge >= 0.3 is 6.09 Å². The average Bonchev–Trinajstić information content (AvgIpc) is 3.15. The Kier molecular flexibility index (Phi) is 4.09. The zero-order valence-corrected chi connectivity index (χ0v) is 10.7. The lowest BCUT2D eigenvalue weighted by atomic mass is 10.1. The summed E-state index contributed by atoms with van der Waals surface area (Å²) in [6.07, 6.45) is 1.73. The Morgan fingerprint density at radius 2 is 2.17 bits per heavy atom. The molecule has 0 saturated heterocycles. The second-order valence-electron chi connectivity index (χ2n) is 4.54.